The summed E-state index contributed by atoms with van der Waals surface area (Å²) in [6.45, 7) is 1.31. The molecular formula is C22H16N2O5. The minimum atomic E-state index is -0.766. The fourth-order valence-electron chi connectivity index (χ4n) is 3.38. The second-order valence-electron chi connectivity index (χ2n) is 6.47. The molecule has 1 atom stereocenters. The number of carbonyl (C=O) groups excluding carboxylic acids is 1. The summed E-state index contributed by atoms with van der Waals surface area (Å²) in [5, 5.41) is 12.7. The molecule has 0 radical (unpaired) electrons. The maximum absolute atomic E-state index is 13.3. The first-order valence-electron chi connectivity index (χ1n) is 8.83. The van der Waals surface area contributed by atoms with Crippen LogP contribution in [0, 0.1) is 11.3 Å². The monoisotopic (exact) mass is 388 g/mol. The number of hydrogen-bond donors (Lipinski definition) is 1. The number of methoxy groups -OCH3 is 1. The number of para-hydroxylation sites is 1. The number of allylic oxidation sites excluding steroid dienone is 1. The topological polar surface area (TPSA) is 102 Å². The molecule has 1 amide bonds. The van der Waals surface area contributed by atoms with E-state index >= 15 is 0 Å². The van der Waals surface area contributed by atoms with Crippen LogP contribution in [0.15, 0.2) is 69.2 Å². The summed E-state index contributed by atoms with van der Waals surface area (Å²) in [7, 11) is 1.55. The second kappa shape index (κ2) is 7.17. The standard InChI is InChI=1S/C22H16N2O5/c1-12(25)24-21-16(11-23)18(13-7-9-14(27-2)10-8-13)19-20(26)15-5-3-4-6-17(15)28-22(19)29-21/h3-10,18H,1-2H3,(H,24,25). The number of nitrogens with one attached hydrogen (secondary N) is 1. The molecule has 0 fully saturated rings. The van der Waals surface area contributed by atoms with Gasteiger partial charge in [0, 0.05) is 6.92 Å². The molecule has 7 nitrogen and oxygen atoms in total. The van der Waals surface area contributed by atoms with Crippen molar-refractivity contribution in [1.29, 1.82) is 5.26 Å². The van der Waals surface area contributed by atoms with Gasteiger partial charge in [-0.25, -0.2) is 0 Å². The van der Waals surface area contributed by atoms with Gasteiger partial charge < -0.3 is 13.9 Å². The van der Waals surface area contributed by atoms with E-state index < -0.39 is 11.8 Å². The van der Waals surface area contributed by atoms with Crippen LogP contribution in [0.2, 0.25) is 0 Å². The zero-order chi connectivity index (χ0) is 20.5. The molecule has 0 aliphatic carbocycles. The highest BCUT2D eigenvalue weighted by Gasteiger charge is 2.36. The van der Waals surface area contributed by atoms with Gasteiger partial charge >= 0.3 is 0 Å². The van der Waals surface area contributed by atoms with Crippen molar-refractivity contribution in [3.63, 3.8) is 0 Å². The molecule has 1 aliphatic heterocycles. The van der Waals surface area contributed by atoms with Gasteiger partial charge in [0.1, 0.15) is 23.0 Å². The number of nitrogens with zero attached hydrogens (tertiary/aromatic N) is 1. The summed E-state index contributed by atoms with van der Waals surface area (Å²) in [5.41, 5.74) is 1.04. The smallest absolute Gasteiger partial charge is 0.300 e. The summed E-state index contributed by atoms with van der Waals surface area (Å²) in [6, 6.07) is 15.9. The highest BCUT2D eigenvalue weighted by Crippen LogP contribution is 2.42. The molecule has 0 saturated carbocycles. The van der Waals surface area contributed by atoms with Gasteiger partial charge in [-0.2, -0.15) is 5.26 Å². The van der Waals surface area contributed by atoms with E-state index in [-0.39, 0.29) is 28.4 Å². The molecular weight excluding hydrogens is 372 g/mol. The minimum absolute atomic E-state index is 0.0442. The second-order valence-corrected chi connectivity index (χ2v) is 6.47. The van der Waals surface area contributed by atoms with E-state index in [1.54, 1.807) is 55.6 Å². The quantitative estimate of drug-likeness (QED) is 0.739. The van der Waals surface area contributed by atoms with Crippen LogP contribution in [-0.4, -0.2) is 13.0 Å². The van der Waals surface area contributed by atoms with Crippen LogP contribution in [0.25, 0.3) is 11.0 Å². The number of rotatable bonds is 3. The van der Waals surface area contributed by atoms with Crippen molar-refractivity contribution < 1.29 is 18.7 Å². The van der Waals surface area contributed by atoms with Crippen molar-refractivity contribution >= 4 is 16.9 Å². The Morgan fingerprint density at radius 1 is 1.17 bits per heavy atom. The lowest BCUT2D eigenvalue weighted by Crippen LogP contribution is -2.31. The zero-order valence-corrected chi connectivity index (χ0v) is 15.7. The maximum Gasteiger partial charge on any atom is 0.300 e. The van der Waals surface area contributed by atoms with Crippen LogP contribution >= 0.6 is 0 Å². The Hall–Kier alpha value is -4.05. The van der Waals surface area contributed by atoms with Crippen LogP contribution in [0.4, 0.5) is 0 Å². The Labute approximate surface area is 165 Å². The molecule has 2 heterocycles. The first-order chi connectivity index (χ1) is 14.0. The van der Waals surface area contributed by atoms with Gasteiger partial charge in [0.25, 0.3) is 5.95 Å². The fourth-order valence-corrected chi connectivity index (χ4v) is 3.38. The Balaban J connectivity index is 2.02. The van der Waals surface area contributed by atoms with E-state index in [9.17, 15) is 14.9 Å². The maximum atomic E-state index is 13.3. The molecule has 0 bridgehead atoms. The third-order valence-corrected chi connectivity index (χ3v) is 4.67. The van der Waals surface area contributed by atoms with Crippen LogP contribution in [0.3, 0.4) is 0 Å². The Morgan fingerprint density at radius 3 is 2.55 bits per heavy atom. The molecule has 144 valence electrons. The van der Waals surface area contributed by atoms with Crippen LogP contribution in [-0.2, 0) is 4.79 Å². The van der Waals surface area contributed by atoms with Crippen LogP contribution in [0.5, 0.6) is 11.7 Å². The Kier molecular flexibility index (Phi) is 4.53. The molecule has 0 spiro atoms. The molecule has 1 aromatic heterocycles. The number of fused-ring (bicyclic) bond motifs is 2. The predicted molar refractivity (Wildman–Crippen MR) is 104 cm³/mol. The lowest BCUT2D eigenvalue weighted by molar-refractivity contribution is -0.118. The number of nitriles is 1. The van der Waals surface area contributed by atoms with Crippen LogP contribution in [0.1, 0.15) is 24.0 Å². The summed E-state index contributed by atoms with van der Waals surface area (Å²) >= 11 is 0. The number of carbonyl (C=O) groups is 1. The van der Waals surface area contributed by atoms with E-state index in [1.165, 1.54) is 6.92 Å². The summed E-state index contributed by atoms with van der Waals surface area (Å²) < 4.78 is 16.7. The third-order valence-electron chi connectivity index (χ3n) is 4.67. The lowest BCUT2D eigenvalue weighted by atomic mass is 9.84. The van der Waals surface area contributed by atoms with Gasteiger partial charge in [-0.15, -0.1) is 0 Å². The van der Waals surface area contributed by atoms with Gasteiger partial charge in [0.05, 0.1) is 24.0 Å². The SMILES string of the molecule is COc1ccc(C2C(C#N)=C(NC(C)=O)Oc3oc4ccccc4c(=O)c32)cc1. The van der Waals surface area contributed by atoms with Gasteiger partial charge in [0.15, 0.2) is 0 Å². The predicted octanol–water partition coefficient (Wildman–Crippen LogP) is 3.20. The van der Waals surface area contributed by atoms with Crippen LogP contribution < -0.4 is 20.2 Å². The van der Waals surface area contributed by atoms with Crippen molar-refractivity contribution in [2.45, 2.75) is 12.8 Å². The third kappa shape index (κ3) is 3.11. The first-order valence-corrected chi connectivity index (χ1v) is 8.83. The summed E-state index contributed by atoms with van der Waals surface area (Å²) in [5.74, 6) is -0.634. The van der Waals surface area contributed by atoms with Gasteiger partial charge in [0.2, 0.25) is 17.2 Å². The van der Waals surface area contributed by atoms with Gasteiger partial charge in [-0.1, -0.05) is 24.3 Å². The molecule has 0 saturated heterocycles. The molecule has 7 heteroatoms. The molecule has 1 N–H and O–H groups in total. The zero-order valence-electron chi connectivity index (χ0n) is 15.7. The average Bonchev–Trinajstić information content (AvgIpc) is 2.72. The molecule has 2 aromatic carbocycles. The number of hydrogen-bond acceptors (Lipinski definition) is 6. The van der Waals surface area contributed by atoms with E-state index in [1.807, 2.05) is 0 Å². The average molecular weight is 388 g/mol. The number of amides is 1. The highest BCUT2D eigenvalue weighted by molar-refractivity contribution is 5.79. The Bertz CT molecular complexity index is 1250. The van der Waals surface area contributed by atoms with Gasteiger partial charge in [-0.3, -0.25) is 14.9 Å². The lowest BCUT2D eigenvalue weighted by Gasteiger charge is -2.26. The van der Waals surface area contributed by atoms with Crippen molar-refractivity contribution in [3.05, 3.63) is 81.3 Å². The van der Waals surface area contributed by atoms with Crippen molar-refractivity contribution in [3.8, 4) is 17.8 Å². The van der Waals surface area contributed by atoms with E-state index in [4.69, 9.17) is 13.9 Å². The molecule has 29 heavy (non-hydrogen) atoms. The first kappa shape index (κ1) is 18.3. The molecule has 3 aromatic rings. The van der Waals surface area contributed by atoms with Crippen molar-refractivity contribution in [1.82, 2.24) is 5.32 Å². The molecule has 1 unspecified atom stereocenters. The Morgan fingerprint density at radius 2 is 1.90 bits per heavy atom. The van der Waals surface area contributed by atoms with Crippen molar-refractivity contribution in [2.75, 3.05) is 7.11 Å². The van der Waals surface area contributed by atoms with E-state index in [0.717, 1.165) is 0 Å². The van der Waals surface area contributed by atoms with E-state index in [0.29, 0.717) is 22.3 Å². The number of ether oxygens (including phenoxy) is 2. The van der Waals surface area contributed by atoms with Crippen molar-refractivity contribution in [2.24, 2.45) is 0 Å². The normalized spacial score (nSPS) is 15.3. The molecule has 4 rings (SSSR count). The molecule has 1 aliphatic rings. The minimum Gasteiger partial charge on any atom is -0.497 e. The number of benzene rings is 2. The largest absolute Gasteiger partial charge is 0.497 e. The summed E-state index contributed by atoms with van der Waals surface area (Å²) in [4.78, 5) is 24.9. The fraction of sp³-hybridized carbons (Fsp3) is 0.136. The van der Waals surface area contributed by atoms with Gasteiger partial charge in [-0.05, 0) is 29.8 Å². The van der Waals surface area contributed by atoms with E-state index in [2.05, 4.69) is 11.4 Å². The summed E-state index contributed by atoms with van der Waals surface area (Å²) in [6.07, 6.45) is 0. The highest BCUT2D eigenvalue weighted by atomic mass is 16.6.